The van der Waals surface area contributed by atoms with E-state index in [0.29, 0.717) is 22.3 Å². The number of halogens is 1. The highest BCUT2D eigenvalue weighted by molar-refractivity contribution is 9.10. The van der Waals surface area contributed by atoms with E-state index in [0.717, 1.165) is 4.47 Å². The number of benzene rings is 2. The predicted molar refractivity (Wildman–Crippen MR) is 95.0 cm³/mol. The fourth-order valence-electron chi connectivity index (χ4n) is 2.33. The molecule has 0 unspecified atom stereocenters. The first-order chi connectivity index (χ1) is 12.0. The zero-order valence-corrected chi connectivity index (χ0v) is 14.7. The van der Waals surface area contributed by atoms with Crippen LogP contribution in [0.3, 0.4) is 0 Å². The average molecular weight is 405 g/mol. The number of ether oxygens (including phenoxy) is 2. The second-order valence-corrected chi connectivity index (χ2v) is 6.12. The lowest BCUT2D eigenvalue weighted by atomic mass is 10.2. The lowest BCUT2D eigenvalue weighted by molar-refractivity contribution is 0.0470. The van der Waals surface area contributed by atoms with Gasteiger partial charge in [-0.1, -0.05) is 15.9 Å². The Morgan fingerprint density at radius 1 is 1.04 bits per heavy atom. The Morgan fingerprint density at radius 2 is 1.76 bits per heavy atom. The zero-order valence-electron chi connectivity index (χ0n) is 13.1. The van der Waals surface area contributed by atoms with Gasteiger partial charge in [-0.25, -0.2) is 4.79 Å². The van der Waals surface area contributed by atoms with Gasteiger partial charge in [0.15, 0.2) is 0 Å². The van der Waals surface area contributed by atoms with Crippen molar-refractivity contribution in [2.45, 2.75) is 6.61 Å². The number of carbonyl (C=O) groups is 1. The summed E-state index contributed by atoms with van der Waals surface area (Å²) in [5.74, 6) is 0.0485. The molecule has 0 aliphatic heterocycles. The molecule has 0 radical (unpaired) electrons. The van der Waals surface area contributed by atoms with E-state index in [-0.39, 0.29) is 12.2 Å². The maximum absolute atomic E-state index is 12.3. The molecular weight excluding hydrogens is 392 g/mol. The van der Waals surface area contributed by atoms with Crippen molar-refractivity contribution >= 4 is 32.9 Å². The summed E-state index contributed by atoms with van der Waals surface area (Å²) < 4.78 is 11.4. The first kappa shape index (κ1) is 17.0. The Hall–Kier alpha value is -2.87. The van der Waals surface area contributed by atoms with Crippen LogP contribution in [0.1, 0.15) is 15.9 Å². The number of aromatic nitrogens is 2. The predicted octanol–water partition coefficient (Wildman–Crippen LogP) is 2.34. The molecule has 1 heterocycles. The van der Waals surface area contributed by atoms with Gasteiger partial charge in [-0.05, 0) is 36.4 Å². The van der Waals surface area contributed by atoms with Gasteiger partial charge in [0.05, 0.1) is 23.7 Å². The number of rotatable bonds is 4. The van der Waals surface area contributed by atoms with Crippen LogP contribution in [0.4, 0.5) is 0 Å². The smallest absolute Gasteiger partial charge is 0.338 e. The van der Waals surface area contributed by atoms with Crippen LogP contribution in [-0.4, -0.2) is 23.0 Å². The number of hydrogen-bond acceptors (Lipinski definition) is 5. The third-order valence-electron chi connectivity index (χ3n) is 3.56. The molecule has 0 spiro atoms. The Balaban J connectivity index is 1.83. The molecule has 0 fully saturated rings. The van der Waals surface area contributed by atoms with E-state index in [1.807, 2.05) is 6.07 Å². The van der Waals surface area contributed by atoms with Crippen molar-refractivity contribution in [3.63, 3.8) is 0 Å². The Morgan fingerprint density at radius 3 is 2.48 bits per heavy atom. The molecule has 2 aromatic carbocycles. The minimum Gasteiger partial charge on any atom is -0.496 e. The second-order valence-electron chi connectivity index (χ2n) is 5.20. The number of carbonyl (C=O) groups excluding carboxylic acids is 1. The van der Waals surface area contributed by atoms with Crippen LogP contribution in [0.2, 0.25) is 0 Å². The van der Waals surface area contributed by atoms with E-state index < -0.39 is 17.1 Å². The topological polar surface area (TPSA) is 101 Å². The third kappa shape index (κ3) is 3.63. The van der Waals surface area contributed by atoms with Gasteiger partial charge in [-0.3, -0.25) is 9.59 Å². The van der Waals surface area contributed by atoms with Gasteiger partial charge in [-0.2, -0.15) is 0 Å². The van der Waals surface area contributed by atoms with Crippen LogP contribution in [0.5, 0.6) is 5.75 Å². The number of aromatic amines is 2. The molecule has 25 heavy (non-hydrogen) atoms. The molecule has 0 atom stereocenters. The molecule has 0 saturated carbocycles. The highest BCUT2D eigenvalue weighted by Gasteiger charge is 2.12. The van der Waals surface area contributed by atoms with Crippen molar-refractivity contribution in [2.75, 3.05) is 7.11 Å². The Kier molecular flexibility index (Phi) is 4.71. The van der Waals surface area contributed by atoms with Crippen LogP contribution >= 0.6 is 15.9 Å². The Labute approximate surface area is 149 Å². The fourth-order valence-corrected chi connectivity index (χ4v) is 2.74. The minimum absolute atomic E-state index is 0.0294. The van der Waals surface area contributed by atoms with Crippen molar-refractivity contribution in [3.8, 4) is 5.75 Å². The van der Waals surface area contributed by atoms with Gasteiger partial charge >= 0.3 is 17.1 Å². The quantitative estimate of drug-likeness (QED) is 0.513. The average Bonchev–Trinajstić information content (AvgIpc) is 2.60. The number of H-pyrrole nitrogens is 2. The van der Waals surface area contributed by atoms with E-state index in [1.165, 1.54) is 25.3 Å². The maximum Gasteiger partial charge on any atom is 0.338 e. The van der Waals surface area contributed by atoms with Crippen molar-refractivity contribution in [1.29, 1.82) is 0 Å². The normalized spacial score (nSPS) is 10.6. The van der Waals surface area contributed by atoms with E-state index >= 15 is 0 Å². The first-order valence-electron chi connectivity index (χ1n) is 7.24. The number of nitrogens with one attached hydrogen (secondary N) is 2. The third-order valence-corrected chi connectivity index (χ3v) is 4.05. The molecule has 0 aliphatic rings. The summed E-state index contributed by atoms with van der Waals surface area (Å²) in [7, 11) is 1.54. The van der Waals surface area contributed by atoms with Gasteiger partial charge in [0.2, 0.25) is 0 Å². The van der Waals surface area contributed by atoms with Crippen molar-refractivity contribution in [2.24, 2.45) is 0 Å². The Bertz CT molecular complexity index is 1070. The van der Waals surface area contributed by atoms with Gasteiger partial charge in [0.25, 0.3) is 0 Å². The molecule has 1 aromatic heterocycles. The van der Waals surface area contributed by atoms with E-state index in [2.05, 4.69) is 25.9 Å². The molecule has 128 valence electrons. The van der Waals surface area contributed by atoms with Crippen LogP contribution in [0, 0.1) is 0 Å². The summed E-state index contributed by atoms with van der Waals surface area (Å²) in [5.41, 5.74) is 0.211. The van der Waals surface area contributed by atoms with Gasteiger partial charge in [-0.15, -0.1) is 0 Å². The van der Waals surface area contributed by atoms with Gasteiger partial charge < -0.3 is 19.4 Å². The molecule has 0 saturated heterocycles. The summed E-state index contributed by atoms with van der Waals surface area (Å²) >= 11 is 3.36. The largest absolute Gasteiger partial charge is 0.496 e. The number of esters is 1. The minimum atomic E-state index is -0.781. The summed E-state index contributed by atoms with van der Waals surface area (Å²) in [6, 6.07) is 9.89. The van der Waals surface area contributed by atoms with E-state index in [1.54, 1.807) is 12.1 Å². The van der Waals surface area contributed by atoms with E-state index in [9.17, 15) is 14.4 Å². The molecule has 2 N–H and O–H groups in total. The fraction of sp³-hybridized carbons (Fsp3) is 0.118. The van der Waals surface area contributed by atoms with Crippen molar-refractivity contribution in [3.05, 3.63) is 72.7 Å². The van der Waals surface area contributed by atoms with Crippen LogP contribution in [0.25, 0.3) is 11.0 Å². The SMILES string of the molecule is COc1ccc(Br)cc1COC(=O)c1ccc2[nH]c(=O)c(=O)[nH]c2c1. The monoisotopic (exact) mass is 404 g/mol. The lowest BCUT2D eigenvalue weighted by Gasteiger charge is -2.10. The molecule has 8 heteroatoms. The summed E-state index contributed by atoms with van der Waals surface area (Å²) in [4.78, 5) is 39.8. The lowest BCUT2D eigenvalue weighted by Crippen LogP contribution is -2.28. The van der Waals surface area contributed by atoms with Crippen LogP contribution in [-0.2, 0) is 11.3 Å². The van der Waals surface area contributed by atoms with Gasteiger partial charge in [0.1, 0.15) is 12.4 Å². The van der Waals surface area contributed by atoms with Crippen LogP contribution < -0.4 is 15.9 Å². The number of methoxy groups -OCH3 is 1. The van der Waals surface area contributed by atoms with Crippen LogP contribution in [0.15, 0.2) is 50.5 Å². The van der Waals surface area contributed by atoms with E-state index in [4.69, 9.17) is 9.47 Å². The molecule has 7 nitrogen and oxygen atoms in total. The zero-order chi connectivity index (χ0) is 18.0. The summed E-state index contributed by atoms with van der Waals surface area (Å²) in [5, 5.41) is 0. The standard InChI is InChI=1S/C17H13BrN2O5/c1-24-14-5-3-11(18)6-10(14)8-25-17(23)9-2-4-12-13(7-9)20-16(22)15(21)19-12/h2-7H,8H2,1H3,(H,19,21)(H,20,22). The number of hydrogen-bond donors (Lipinski definition) is 2. The summed E-state index contributed by atoms with van der Waals surface area (Å²) in [6.07, 6.45) is 0. The van der Waals surface area contributed by atoms with Crippen molar-refractivity contribution < 1.29 is 14.3 Å². The highest BCUT2D eigenvalue weighted by Crippen LogP contribution is 2.24. The molecule has 0 amide bonds. The molecule has 0 bridgehead atoms. The molecule has 3 aromatic rings. The highest BCUT2D eigenvalue weighted by atomic mass is 79.9. The number of fused-ring (bicyclic) bond motifs is 1. The second kappa shape index (κ2) is 6.94. The van der Waals surface area contributed by atoms with Crippen molar-refractivity contribution in [1.82, 2.24) is 9.97 Å². The van der Waals surface area contributed by atoms with Gasteiger partial charge in [0, 0.05) is 10.0 Å². The molecular formula is C17H13BrN2O5. The summed E-state index contributed by atoms with van der Waals surface area (Å²) in [6.45, 7) is 0.0294. The molecule has 0 aliphatic carbocycles. The first-order valence-corrected chi connectivity index (χ1v) is 8.03. The molecule has 3 rings (SSSR count). The maximum atomic E-state index is 12.3.